The molecule has 6 heteroatoms. The fourth-order valence-corrected chi connectivity index (χ4v) is 2.54. The van der Waals surface area contributed by atoms with Gasteiger partial charge in [0.1, 0.15) is 5.82 Å². The molecule has 2 rings (SSSR count). The van der Waals surface area contributed by atoms with Crippen LogP contribution in [-0.4, -0.2) is 61.7 Å². The van der Waals surface area contributed by atoms with E-state index >= 15 is 0 Å². The molecule has 1 saturated heterocycles. The lowest BCUT2D eigenvalue weighted by Gasteiger charge is -2.34. The average Bonchev–Trinajstić information content (AvgIpc) is 2.54. The highest BCUT2D eigenvalue weighted by Crippen LogP contribution is 2.18. The van der Waals surface area contributed by atoms with Crippen LogP contribution in [0.15, 0.2) is 18.3 Å². The number of likely N-dealkylation sites (N-methyl/N-ethyl adjacent to an activating group) is 1. The number of pyridine rings is 1. The summed E-state index contributed by atoms with van der Waals surface area (Å²) in [4.78, 5) is 21.0. The van der Waals surface area contributed by atoms with E-state index in [9.17, 15) is 4.79 Å². The minimum Gasteiger partial charge on any atom is -0.378 e. The van der Waals surface area contributed by atoms with Crippen molar-refractivity contribution in [2.45, 2.75) is 32.9 Å². The molecule has 23 heavy (non-hydrogen) atoms. The van der Waals surface area contributed by atoms with Gasteiger partial charge in [0, 0.05) is 50.9 Å². The highest BCUT2D eigenvalue weighted by atomic mass is 16.5. The first kappa shape index (κ1) is 17.7. The minimum absolute atomic E-state index is 0.0128. The second-order valence-corrected chi connectivity index (χ2v) is 6.22. The molecule has 1 aliphatic heterocycles. The predicted octanol–water partition coefficient (Wildman–Crippen LogP) is 1.26. The van der Waals surface area contributed by atoms with Crippen molar-refractivity contribution in [3.63, 3.8) is 0 Å². The maximum Gasteiger partial charge on any atom is 0.222 e. The Hall–Kier alpha value is -1.66. The van der Waals surface area contributed by atoms with E-state index in [1.165, 1.54) is 0 Å². The van der Waals surface area contributed by atoms with E-state index in [1.807, 2.05) is 32.2 Å². The summed E-state index contributed by atoms with van der Waals surface area (Å²) in [7, 11) is 2.14. The van der Waals surface area contributed by atoms with Crippen molar-refractivity contribution in [1.29, 1.82) is 0 Å². The molecule has 0 unspecified atom stereocenters. The van der Waals surface area contributed by atoms with Crippen LogP contribution in [0.4, 0.5) is 5.82 Å². The number of hydrogen-bond donors (Lipinski definition) is 1. The van der Waals surface area contributed by atoms with E-state index < -0.39 is 0 Å². The second-order valence-electron chi connectivity index (χ2n) is 6.22. The number of carbonyl (C=O) groups excluding carboxylic acids is 1. The van der Waals surface area contributed by atoms with Crippen molar-refractivity contribution >= 4 is 11.7 Å². The third kappa shape index (κ3) is 5.80. The van der Waals surface area contributed by atoms with Gasteiger partial charge in [-0.05, 0) is 27.0 Å². The van der Waals surface area contributed by atoms with Crippen LogP contribution in [0.3, 0.4) is 0 Å². The summed E-state index contributed by atoms with van der Waals surface area (Å²) in [5, 5.41) is 2.96. The monoisotopic (exact) mass is 320 g/mol. The summed E-state index contributed by atoms with van der Waals surface area (Å²) < 4.78 is 5.41. The lowest BCUT2D eigenvalue weighted by Crippen LogP contribution is -2.45. The van der Waals surface area contributed by atoms with Gasteiger partial charge in [0.05, 0.1) is 12.7 Å². The molecule has 1 aromatic rings. The van der Waals surface area contributed by atoms with E-state index in [4.69, 9.17) is 4.74 Å². The Morgan fingerprint density at radius 2 is 2.09 bits per heavy atom. The summed E-state index contributed by atoms with van der Waals surface area (Å²) in [6.45, 7) is 8.92. The molecular formula is C17H28N4O2. The van der Waals surface area contributed by atoms with Gasteiger partial charge >= 0.3 is 0 Å². The molecule has 128 valence electrons. The van der Waals surface area contributed by atoms with Gasteiger partial charge in [-0.2, -0.15) is 0 Å². The van der Waals surface area contributed by atoms with Crippen LogP contribution < -0.4 is 10.2 Å². The number of hydrogen-bond acceptors (Lipinski definition) is 5. The normalized spacial score (nSPS) is 15.9. The fourth-order valence-electron chi connectivity index (χ4n) is 2.54. The van der Waals surface area contributed by atoms with Gasteiger partial charge in [-0.15, -0.1) is 0 Å². The second kappa shape index (κ2) is 8.84. The number of amides is 1. The van der Waals surface area contributed by atoms with Gasteiger partial charge in [-0.3, -0.25) is 4.79 Å². The molecule has 0 saturated carbocycles. The van der Waals surface area contributed by atoms with Gasteiger partial charge in [0.2, 0.25) is 5.91 Å². The van der Waals surface area contributed by atoms with Crippen LogP contribution >= 0.6 is 0 Å². The van der Waals surface area contributed by atoms with E-state index in [0.717, 1.165) is 37.6 Å². The third-order valence-corrected chi connectivity index (χ3v) is 3.93. The Morgan fingerprint density at radius 1 is 1.35 bits per heavy atom. The van der Waals surface area contributed by atoms with Crippen LogP contribution in [0.25, 0.3) is 0 Å². The largest absolute Gasteiger partial charge is 0.378 e. The molecule has 2 heterocycles. The summed E-state index contributed by atoms with van der Waals surface area (Å²) in [5.74, 6) is 0.998. The molecule has 0 atom stereocenters. The maximum absolute atomic E-state index is 11.9. The van der Waals surface area contributed by atoms with E-state index in [0.29, 0.717) is 19.6 Å². The first-order valence-electron chi connectivity index (χ1n) is 8.32. The molecule has 6 nitrogen and oxygen atoms in total. The van der Waals surface area contributed by atoms with E-state index in [2.05, 4.69) is 27.1 Å². The molecule has 0 aliphatic carbocycles. The molecule has 0 bridgehead atoms. The average molecular weight is 320 g/mol. The Kier molecular flexibility index (Phi) is 6.80. The first-order valence-corrected chi connectivity index (χ1v) is 8.32. The Bertz CT molecular complexity index is 499. The van der Waals surface area contributed by atoms with Gasteiger partial charge < -0.3 is 19.9 Å². The number of nitrogens with one attached hydrogen (secondary N) is 1. The standard InChI is InChI=1S/C17H28N4O2/c1-14(2)23-12-6-16(22)19-13-15-5-4-7-18-17(15)21-10-8-20(3)9-11-21/h4-5,7,14H,6,8-13H2,1-3H3,(H,19,22). The molecule has 0 spiro atoms. The fraction of sp³-hybridized carbons (Fsp3) is 0.647. The lowest BCUT2D eigenvalue weighted by molar-refractivity contribution is -0.122. The molecule has 1 aromatic heterocycles. The molecule has 0 radical (unpaired) electrons. The number of nitrogens with zero attached hydrogens (tertiary/aromatic N) is 3. The summed E-state index contributed by atoms with van der Waals surface area (Å²) >= 11 is 0. The van der Waals surface area contributed by atoms with Crippen molar-refractivity contribution < 1.29 is 9.53 Å². The van der Waals surface area contributed by atoms with Crippen molar-refractivity contribution in [2.75, 3.05) is 44.7 Å². The number of anilines is 1. The molecule has 0 aromatic carbocycles. The molecule has 1 fully saturated rings. The van der Waals surface area contributed by atoms with Gasteiger partial charge in [0.15, 0.2) is 0 Å². The minimum atomic E-state index is 0.0128. The van der Waals surface area contributed by atoms with Crippen LogP contribution in [-0.2, 0) is 16.1 Å². The van der Waals surface area contributed by atoms with Crippen LogP contribution in [0, 0.1) is 0 Å². The van der Waals surface area contributed by atoms with E-state index in [-0.39, 0.29) is 12.0 Å². The first-order chi connectivity index (χ1) is 11.1. The number of aromatic nitrogens is 1. The molecule has 1 amide bonds. The zero-order valence-electron chi connectivity index (χ0n) is 14.4. The van der Waals surface area contributed by atoms with E-state index in [1.54, 1.807) is 0 Å². The van der Waals surface area contributed by atoms with Gasteiger partial charge in [-0.25, -0.2) is 4.98 Å². The third-order valence-electron chi connectivity index (χ3n) is 3.93. The number of rotatable bonds is 7. The van der Waals surface area contributed by atoms with Crippen molar-refractivity contribution in [2.24, 2.45) is 0 Å². The highest BCUT2D eigenvalue weighted by Gasteiger charge is 2.18. The predicted molar refractivity (Wildman–Crippen MR) is 91.5 cm³/mol. The van der Waals surface area contributed by atoms with Crippen LogP contribution in [0.1, 0.15) is 25.8 Å². The Morgan fingerprint density at radius 3 is 2.78 bits per heavy atom. The quantitative estimate of drug-likeness (QED) is 0.820. The van der Waals surface area contributed by atoms with Crippen LogP contribution in [0.2, 0.25) is 0 Å². The smallest absolute Gasteiger partial charge is 0.222 e. The van der Waals surface area contributed by atoms with Crippen LogP contribution in [0.5, 0.6) is 0 Å². The summed E-state index contributed by atoms with van der Waals surface area (Å²) in [6, 6.07) is 3.95. The zero-order chi connectivity index (χ0) is 16.7. The maximum atomic E-state index is 11.9. The lowest BCUT2D eigenvalue weighted by atomic mass is 10.2. The number of ether oxygens (including phenoxy) is 1. The summed E-state index contributed by atoms with van der Waals surface area (Å²) in [6.07, 6.45) is 2.36. The molecule has 1 aliphatic rings. The molecule has 1 N–H and O–H groups in total. The zero-order valence-corrected chi connectivity index (χ0v) is 14.4. The van der Waals surface area contributed by atoms with Gasteiger partial charge in [0.25, 0.3) is 0 Å². The number of piperazine rings is 1. The SMILES string of the molecule is CC(C)OCCC(=O)NCc1cccnc1N1CCN(C)CC1. The summed E-state index contributed by atoms with van der Waals surface area (Å²) in [5.41, 5.74) is 1.06. The Labute approximate surface area is 138 Å². The van der Waals surface area contributed by atoms with Crippen molar-refractivity contribution in [3.8, 4) is 0 Å². The van der Waals surface area contributed by atoms with Gasteiger partial charge in [-0.1, -0.05) is 6.07 Å². The molecular weight excluding hydrogens is 292 g/mol. The van der Waals surface area contributed by atoms with Crippen molar-refractivity contribution in [1.82, 2.24) is 15.2 Å². The topological polar surface area (TPSA) is 57.7 Å². The Balaban J connectivity index is 1.86. The van der Waals surface area contributed by atoms with Crippen molar-refractivity contribution in [3.05, 3.63) is 23.9 Å². The number of carbonyl (C=O) groups is 1. The highest BCUT2D eigenvalue weighted by molar-refractivity contribution is 5.76.